The molecule has 0 spiro atoms. The maximum absolute atomic E-state index is 11.8. The minimum absolute atomic E-state index is 0.0278. The first-order valence-electron chi connectivity index (χ1n) is 6.48. The van der Waals surface area contributed by atoms with Crippen molar-refractivity contribution in [3.05, 3.63) is 29.8 Å². The minimum Gasteiger partial charge on any atom is -0.496 e. The molecule has 1 fully saturated rings. The van der Waals surface area contributed by atoms with Gasteiger partial charge < -0.3 is 15.2 Å². The molecular formula is C14H20N2O3. The molecule has 0 bridgehead atoms. The van der Waals surface area contributed by atoms with Crippen LogP contribution in [0.2, 0.25) is 0 Å². The molecule has 1 aromatic carbocycles. The number of hydrogen-bond acceptors (Lipinski definition) is 4. The van der Waals surface area contributed by atoms with Crippen molar-refractivity contribution < 1.29 is 14.6 Å². The summed E-state index contributed by atoms with van der Waals surface area (Å²) in [7, 11) is 1.62. The van der Waals surface area contributed by atoms with Crippen LogP contribution < -0.4 is 10.1 Å². The molecule has 2 rings (SSSR count). The maximum atomic E-state index is 11.8. The minimum atomic E-state index is -0.290. The van der Waals surface area contributed by atoms with Gasteiger partial charge in [0.25, 0.3) is 0 Å². The number of likely N-dealkylation sites (tertiary alicyclic amines) is 1. The van der Waals surface area contributed by atoms with Crippen molar-refractivity contribution in [2.24, 2.45) is 0 Å². The number of hydrogen-bond donors (Lipinski definition) is 2. The highest BCUT2D eigenvalue weighted by molar-refractivity contribution is 5.78. The van der Waals surface area contributed by atoms with Crippen LogP contribution in [0.1, 0.15) is 12.0 Å². The van der Waals surface area contributed by atoms with Crippen molar-refractivity contribution in [1.29, 1.82) is 0 Å². The third-order valence-corrected chi connectivity index (χ3v) is 3.28. The van der Waals surface area contributed by atoms with Crippen molar-refractivity contribution in [3.63, 3.8) is 0 Å². The number of nitrogens with one attached hydrogen (secondary N) is 1. The average Bonchev–Trinajstić information content (AvgIpc) is 2.82. The second-order valence-corrected chi connectivity index (χ2v) is 4.77. The molecule has 1 aliphatic heterocycles. The lowest BCUT2D eigenvalue weighted by Crippen LogP contribution is -2.36. The predicted octanol–water partition coefficient (Wildman–Crippen LogP) is 0.378. The van der Waals surface area contributed by atoms with Gasteiger partial charge in [0.2, 0.25) is 5.91 Å². The second-order valence-electron chi connectivity index (χ2n) is 4.77. The summed E-state index contributed by atoms with van der Waals surface area (Å²) < 4.78 is 5.23. The van der Waals surface area contributed by atoms with Gasteiger partial charge in [-0.3, -0.25) is 9.69 Å². The lowest BCUT2D eigenvalue weighted by atomic mass is 10.2. The van der Waals surface area contributed by atoms with Crippen molar-refractivity contribution in [1.82, 2.24) is 10.2 Å². The van der Waals surface area contributed by atoms with Crippen LogP contribution in [0.25, 0.3) is 0 Å². The summed E-state index contributed by atoms with van der Waals surface area (Å²) in [6.07, 6.45) is 0.460. The van der Waals surface area contributed by atoms with E-state index in [0.29, 0.717) is 19.6 Å². The van der Waals surface area contributed by atoms with Gasteiger partial charge in [0, 0.05) is 25.2 Å². The summed E-state index contributed by atoms with van der Waals surface area (Å²) in [6, 6.07) is 7.62. The number of benzene rings is 1. The topological polar surface area (TPSA) is 61.8 Å². The maximum Gasteiger partial charge on any atom is 0.234 e. The third-order valence-electron chi connectivity index (χ3n) is 3.28. The van der Waals surface area contributed by atoms with Crippen molar-refractivity contribution >= 4 is 5.91 Å². The van der Waals surface area contributed by atoms with Crippen LogP contribution in [0.3, 0.4) is 0 Å². The van der Waals surface area contributed by atoms with Gasteiger partial charge in [-0.1, -0.05) is 18.2 Å². The van der Waals surface area contributed by atoms with Gasteiger partial charge in [-0.2, -0.15) is 0 Å². The molecule has 0 aromatic heterocycles. The van der Waals surface area contributed by atoms with Crippen LogP contribution in [0, 0.1) is 0 Å². The van der Waals surface area contributed by atoms with Gasteiger partial charge in [-0.25, -0.2) is 0 Å². The molecule has 1 saturated heterocycles. The molecule has 1 amide bonds. The van der Waals surface area contributed by atoms with Crippen molar-refractivity contribution in [2.75, 3.05) is 26.7 Å². The van der Waals surface area contributed by atoms with Gasteiger partial charge in [-0.15, -0.1) is 0 Å². The number of methoxy groups -OCH3 is 1. The van der Waals surface area contributed by atoms with Crippen LogP contribution in [-0.4, -0.2) is 48.8 Å². The first-order chi connectivity index (χ1) is 9.19. The largest absolute Gasteiger partial charge is 0.496 e. The Bertz CT molecular complexity index is 436. The molecule has 1 heterocycles. The molecule has 5 nitrogen and oxygen atoms in total. The monoisotopic (exact) mass is 264 g/mol. The van der Waals surface area contributed by atoms with Crippen molar-refractivity contribution in [3.8, 4) is 5.75 Å². The fraction of sp³-hybridized carbons (Fsp3) is 0.500. The molecule has 5 heteroatoms. The van der Waals surface area contributed by atoms with Crippen LogP contribution in [0.15, 0.2) is 24.3 Å². The van der Waals surface area contributed by atoms with E-state index in [1.165, 1.54) is 0 Å². The van der Waals surface area contributed by atoms with E-state index >= 15 is 0 Å². The smallest absolute Gasteiger partial charge is 0.234 e. The van der Waals surface area contributed by atoms with Gasteiger partial charge in [0.15, 0.2) is 0 Å². The zero-order valence-electron chi connectivity index (χ0n) is 11.1. The highest BCUT2D eigenvalue weighted by Gasteiger charge is 2.21. The first kappa shape index (κ1) is 13.8. The van der Waals surface area contributed by atoms with E-state index < -0.39 is 0 Å². The quantitative estimate of drug-likeness (QED) is 0.807. The molecule has 2 N–H and O–H groups in total. The molecule has 1 atom stereocenters. The Morgan fingerprint density at radius 3 is 3.00 bits per heavy atom. The molecule has 0 aliphatic carbocycles. The number of carbonyl (C=O) groups excluding carboxylic acids is 1. The fourth-order valence-corrected chi connectivity index (χ4v) is 2.26. The fourth-order valence-electron chi connectivity index (χ4n) is 2.26. The summed E-state index contributed by atoms with van der Waals surface area (Å²) in [5.74, 6) is 0.749. The highest BCUT2D eigenvalue weighted by Crippen LogP contribution is 2.16. The SMILES string of the molecule is COc1ccccc1CNC(=O)CN1CC[C@H](O)C1. The molecule has 0 radical (unpaired) electrons. The lowest BCUT2D eigenvalue weighted by Gasteiger charge is -2.15. The molecule has 19 heavy (non-hydrogen) atoms. The Hall–Kier alpha value is -1.59. The number of aliphatic hydroxyl groups is 1. The number of amides is 1. The number of aliphatic hydroxyl groups excluding tert-OH is 1. The van der Waals surface area contributed by atoms with Gasteiger partial charge in [0.05, 0.1) is 19.8 Å². The Kier molecular flexibility index (Phi) is 4.76. The van der Waals surface area contributed by atoms with Crippen LogP contribution in [0.4, 0.5) is 0 Å². The van der Waals surface area contributed by atoms with E-state index in [0.717, 1.165) is 24.3 Å². The Labute approximate surface area is 113 Å². The number of carbonyl (C=O) groups is 1. The van der Waals surface area contributed by atoms with E-state index in [4.69, 9.17) is 4.74 Å². The van der Waals surface area contributed by atoms with Crippen molar-refractivity contribution in [2.45, 2.75) is 19.1 Å². The summed E-state index contributed by atoms with van der Waals surface area (Å²) in [4.78, 5) is 13.8. The third kappa shape index (κ3) is 3.94. The van der Waals surface area contributed by atoms with E-state index in [-0.39, 0.29) is 12.0 Å². The predicted molar refractivity (Wildman–Crippen MR) is 71.9 cm³/mol. The van der Waals surface area contributed by atoms with Crippen LogP contribution in [0.5, 0.6) is 5.75 Å². The summed E-state index contributed by atoms with van der Waals surface area (Å²) in [6.45, 7) is 2.16. The summed E-state index contributed by atoms with van der Waals surface area (Å²) in [5.41, 5.74) is 0.958. The Morgan fingerprint density at radius 2 is 2.32 bits per heavy atom. The van der Waals surface area contributed by atoms with E-state index in [1.807, 2.05) is 29.2 Å². The Balaban J connectivity index is 1.80. The second kappa shape index (κ2) is 6.54. The zero-order chi connectivity index (χ0) is 13.7. The van der Waals surface area contributed by atoms with E-state index in [1.54, 1.807) is 7.11 Å². The van der Waals surface area contributed by atoms with Gasteiger partial charge >= 0.3 is 0 Å². The first-order valence-corrected chi connectivity index (χ1v) is 6.48. The average molecular weight is 264 g/mol. The standard InChI is InChI=1S/C14H20N2O3/c1-19-13-5-3-2-4-11(13)8-15-14(18)10-16-7-6-12(17)9-16/h2-5,12,17H,6-10H2,1H3,(H,15,18)/t12-/m0/s1. The van der Waals surface area contributed by atoms with Gasteiger partial charge in [0.1, 0.15) is 5.75 Å². The van der Waals surface area contributed by atoms with Gasteiger partial charge in [-0.05, 0) is 12.5 Å². The molecule has 1 aromatic rings. The summed E-state index contributed by atoms with van der Waals surface area (Å²) >= 11 is 0. The molecule has 104 valence electrons. The highest BCUT2D eigenvalue weighted by atomic mass is 16.5. The molecular weight excluding hydrogens is 244 g/mol. The number of para-hydroxylation sites is 1. The molecule has 0 unspecified atom stereocenters. The zero-order valence-corrected chi connectivity index (χ0v) is 11.1. The molecule has 1 aliphatic rings. The van der Waals surface area contributed by atoms with E-state index in [2.05, 4.69) is 5.32 Å². The molecule has 0 saturated carbocycles. The normalized spacial score (nSPS) is 19.4. The summed E-state index contributed by atoms with van der Waals surface area (Å²) in [5, 5.41) is 12.3. The van der Waals surface area contributed by atoms with Crippen LogP contribution in [-0.2, 0) is 11.3 Å². The van der Waals surface area contributed by atoms with Crippen LogP contribution >= 0.6 is 0 Å². The lowest BCUT2D eigenvalue weighted by molar-refractivity contribution is -0.122. The number of β-amino-alcohol motifs (C(OH)–C–C–N with tert-alkyl or cyclic N) is 1. The Morgan fingerprint density at radius 1 is 1.53 bits per heavy atom. The van der Waals surface area contributed by atoms with E-state index in [9.17, 15) is 9.90 Å². The number of nitrogens with zero attached hydrogens (tertiary/aromatic N) is 1. The number of ether oxygens (including phenoxy) is 1. The number of rotatable bonds is 5.